The zero-order valence-corrected chi connectivity index (χ0v) is 17.5. The normalized spacial score (nSPS) is 13.3. The largest absolute Gasteiger partial charge is 0.497 e. The van der Waals surface area contributed by atoms with Gasteiger partial charge >= 0.3 is 0 Å². The molecule has 31 heavy (non-hydrogen) atoms. The van der Waals surface area contributed by atoms with E-state index in [4.69, 9.17) is 9.47 Å². The first-order valence-electron chi connectivity index (χ1n) is 9.48. The number of methoxy groups -OCH3 is 2. The van der Waals surface area contributed by atoms with E-state index in [2.05, 4.69) is 17.2 Å². The first-order valence-corrected chi connectivity index (χ1v) is 9.48. The third kappa shape index (κ3) is 4.42. The number of carbonyl (C=O) groups excluding carboxylic acids is 3. The zero-order valence-electron chi connectivity index (χ0n) is 17.5. The molecular weight excluding hydrogens is 398 g/mol. The van der Waals surface area contributed by atoms with Crippen LogP contribution < -0.4 is 20.1 Å². The number of nitrogens with zero attached hydrogens (tertiary/aromatic N) is 1. The molecule has 0 fully saturated rings. The Kier molecular flexibility index (Phi) is 6.40. The summed E-state index contributed by atoms with van der Waals surface area (Å²) in [5.74, 6) is -0.0667. The Morgan fingerprint density at radius 1 is 1.06 bits per heavy atom. The number of hydrogen-bond donors (Lipinski definition) is 2. The van der Waals surface area contributed by atoms with Crippen molar-refractivity contribution >= 4 is 34.7 Å². The molecule has 1 aliphatic heterocycles. The van der Waals surface area contributed by atoms with E-state index in [1.54, 1.807) is 49.6 Å². The van der Waals surface area contributed by atoms with Gasteiger partial charge in [-0.1, -0.05) is 18.2 Å². The Labute approximate surface area is 180 Å². The van der Waals surface area contributed by atoms with E-state index in [1.807, 2.05) is 0 Å². The van der Waals surface area contributed by atoms with E-state index in [1.165, 1.54) is 20.1 Å². The van der Waals surface area contributed by atoms with Crippen molar-refractivity contribution in [1.29, 1.82) is 0 Å². The third-order valence-electron chi connectivity index (χ3n) is 4.64. The molecule has 8 heteroatoms. The van der Waals surface area contributed by atoms with Crippen LogP contribution >= 0.6 is 0 Å². The molecule has 0 aliphatic carbocycles. The molecule has 3 rings (SSSR count). The number of hydrogen-bond acceptors (Lipinski definition) is 6. The van der Waals surface area contributed by atoms with E-state index in [9.17, 15) is 14.4 Å². The van der Waals surface area contributed by atoms with Crippen LogP contribution in [-0.4, -0.2) is 43.4 Å². The Morgan fingerprint density at radius 3 is 2.35 bits per heavy atom. The molecule has 1 aliphatic rings. The summed E-state index contributed by atoms with van der Waals surface area (Å²) in [7, 11) is 3.04. The quantitative estimate of drug-likeness (QED) is 0.502. The highest BCUT2D eigenvalue weighted by Crippen LogP contribution is 2.35. The summed E-state index contributed by atoms with van der Waals surface area (Å²) >= 11 is 0. The lowest BCUT2D eigenvalue weighted by Crippen LogP contribution is -2.32. The predicted molar refractivity (Wildman–Crippen MR) is 118 cm³/mol. The smallest absolute Gasteiger partial charge is 0.278 e. The van der Waals surface area contributed by atoms with Gasteiger partial charge in [-0.25, -0.2) is 0 Å². The standard InChI is InChI=1S/C23H23N3O5/c1-5-12-26-22(28)20(15-6-8-16(9-7-15)24-14(2)27)21(23(26)29)25-18-11-10-17(30-3)13-19(18)31-4/h5-11,13,25H,1,12H2,2-4H3,(H,24,27). The molecule has 8 nitrogen and oxygen atoms in total. The van der Waals surface area contributed by atoms with Crippen LogP contribution in [0.4, 0.5) is 11.4 Å². The van der Waals surface area contributed by atoms with E-state index < -0.39 is 11.8 Å². The first-order chi connectivity index (χ1) is 14.9. The molecule has 0 bridgehead atoms. The lowest BCUT2D eigenvalue weighted by atomic mass is 10.0. The molecule has 0 saturated carbocycles. The first kappa shape index (κ1) is 21.6. The van der Waals surface area contributed by atoms with Crippen LogP contribution in [0, 0.1) is 0 Å². The average molecular weight is 421 g/mol. The Balaban J connectivity index is 2.06. The zero-order chi connectivity index (χ0) is 22.5. The van der Waals surface area contributed by atoms with Crippen molar-refractivity contribution in [1.82, 2.24) is 4.90 Å². The Hall–Kier alpha value is -4.07. The maximum Gasteiger partial charge on any atom is 0.278 e. The number of imide groups is 1. The number of anilines is 2. The van der Waals surface area contributed by atoms with Gasteiger partial charge in [-0.05, 0) is 29.8 Å². The fourth-order valence-corrected chi connectivity index (χ4v) is 3.21. The molecule has 1 heterocycles. The second-order valence-corrected chi connectivity index (χ2v) is 6.71. The molecule has 0 spiro atoms. The minimum absolute atomic E-state index is 0.0794. The molecular formula is C23H23N3O5. The summed E-state index contributed by atoms with van der Waals surface area (Å²) in [6.45, 7) is 5.12. The fourth-order valence-electron chi connectivity index (χ4n) is 3.21. The van der Waals surface area contributed by atoms with Crippen LogP contribution in [0.15, 0.2) is 60.8 Å². The Morgan fingerprint density at radius 2 is 1.77 bits per heavy atom. The molecule has 2 N–H and O–H groups in total. The van der Waals surface area contributed by atoms with Crippen molar-refractivity contribution in [2.24, 2.45) is 0 Å². The highest BCUT2D eigenvalue weighted by Gasteiger charge is 2.38. The second-order valence-electron chi connectivity index (χ2n) is 6.71. The fraction of sp³-hybridized carbons (Fsp3) is 0.174. The van der Waals surface area contributed by atoms with Crippen molar-refractivity contribution in [3.05, 3.63) is 66.4 Å². The van der Waals surface area contributed by atoms with Gasteiger partial charge in [0, 0.05) is 25.2 Å². The molecule has 0 atom stereocenters. The lowest BCUT2D eigenvalue weighted by molar-refractivity contribution is -0.136. The number of rotatable bonds is 8. The summed E-state index contributed by atoms with van der Waals surface area (Å²) in [6, 6.07) is 11.8. The summed E-state index contributed by atoms with van der Waals surface area (Å²) < 4.78 is 10.6. The van der Waals surface area contributed by atoms with Gasteiger partial charge in [-0.2, -0.15) is 0 Å². The predicted octanol–water partition coefficient (Wildman–Crippen LogP) is 3.04. The molecule has 0 saturated heterocycles. The van der Waals surface area contributed by atoms with Gasteiger partial charge in [0.15, 0.2) is 0 Å². The molecule has 0 radical (unpaired) electrons. The summed E-state index contributed by atoms with van der Waals surface area (Å²) in [6.07, 6.45) is 1.49. The number of nitrogens with one attached hydrogen (secondary N) is 2. The van der Waals surface area contributed by atoms with Crippen LogP contribution in [0.2, 0.25) is 0 Å². The molecule has 0 unspecified atom stereocenters. The molecule has 3 amide bonds. The SMILES string of the molecule is C=CCN1C(=O)C(Nc2ccc(OC)cc2OC)=C(c2ccc(NC(C)=O)cc2)C1=O. The Bertz CT molecular complexity index is 1070. The molecule has 0 aromatic heterocycles. The highest BCUT2D eigenvalue weighted by molar-refractivity contribution is 6.36. The van der Waals surface area contributed by atoms with Crippen molar-refractivity contribution in [3.8, 4) is 11.5 Å². The maximum atomic E-state index is 13.1. The topological polar surface area (TPSA) is 97.0 Å². The summed E-state index contributed by atoms with van der Waals surface area (Å²) in [4.78, 5) is 38.5. The van der Waals surface area contributed by atoms with Crippen LogP contribution in [0.5, 0.6) is 11.5 Å². The number of carbonyl (C=O) groups is 3. The van der Waals surface area contributed by atoms with Gasteiger partial charge in [-0.3, -0.25) is 19.3 Å². The minimum Gasteiger partial charge on any atom is -0.497 e. The van der Waals surface area contributed by atoms with Gasteiger partial charge in [0.2, 0.25) is 5.91 Å². The summed E-state index contributed by atoms with van der Waals surface area (Å²) in [5, 5.41) is 5.73. The minimum atomic E-state index is -0.469. The van der Waals surface area contributed by atoms with E-state index in [-0.39, 0.29) is 23.7 Å². The molecule has 2 aromatic rings. The van der Waals surface area contributed by atoms with Crippen LogP contribution in [0.25, 0.3) is 5.57 Å². The van der Waals surface area contributed by atoms with Gasteiger partial charge in [0.05, 0.1) is 25.5 Å². The van der Waals surface area contributed by atoms with Gasteiger partial charge in [0.25, 0.3) is 11.8 Å². The van der Waals surface area contributed by atoms with Crippen molar-refractivity contribution in [2.45, 2.75) is 6.92 Å². The van der Waals surface area contributed by atoms with E-state index in [0.29, 0.717) is 28.4 Å². The maximum absolute atomic E-state index is 13.1. The van der Waals surface area contributed by atoms with Gasteiger partial charge < -0.3 is 20.1 Å². The van der Waals surface area contributed by atoms with Gasteiger partial charge in [0.1, 0.15) is 17.2 Å². The van der Waals surface area contributed by atoms with Crippen LogP contribution in [0.1, 0.15) is 12.5 Å². The average Bonchev–Trinajstić information content (AvgIpc) is 2.99. The molecule has 160 valence electrons. The van der Waals surface area contributed by atoms with Crippen LogP contribution in [-0.2, 0) is 14.4 Å². The molecule has 2 aromatic carbocycles. The monoisotopic (exact) mass is 421 g/mol. The summed E-state index contributed by atoms with van der Waals surface area (Å²) in [5.41, 5.74) is 1.98. The second kappa shape index (κ2) is 9.17. The van der Waals surface area contributed by atoms with Gasteiger partial charge in [-0.15, -0.1) is 6.58 Å². The van der Waals surface area contributed by atoms with Crippen molar-refractivity contribution in [3.63, 3.8) is 0 Å². The van der Waals surface area contributed by atoms with Crippen molar-refractivity contribution < 1.29 is 23.9 Å². The third-order valence-corrected chi connectivity index (χ3v) is 4.64. The highest BCUT2D eigenvalue weighted by atomic mass is 16.5. The van der Waals surface area contributed by atoms with Crippen LogP contribution in [0.3, 0.4) is 0 Å². The van der Waals surface area contributed by atoms with E-state index in [0.717, 1.165) is 4.90 Å². The lowest BCUT2D eigenvalue weighted by Gasteiger charge is -2.14. The number of amides is 3. The number of benzene rings is 2. The van der Waals surface area contributed by atoms with Crippen molar-refractivity contribution in [2.75, 3.05) is 31.4 Å². The van der Waals surface area contributed by atoms with E-state index >= 15 is 0 Å². The number of ether oxygens (including phenoxy) is 2.